The molecular weight excluding hydrogens is 591 g/mol. The van der Waals surface area contributed by atoms with Crippen molar-refractivity contribution in [3.8, 4) is 11.5 Å². The van der Waals surface area contributed by atoms with E-state index in [0.717, 1.165) is 73.7 Å². The second-order valence-corrected chi connectivity index (χ2v) is 14.3. The molecule has 0 heterocycles. The van der Waals surface area contributed by atoms with Gasteiger partial charge in [-0.2, -0.15) is 8.42 Å². The first-order valence-electron chi connectivity index (χ1n) is 16.1. The number of methoxy groups -OCH3 is 2. The number of benzene rings is 2. The van der Waals surface area contributed by atoms with Gasteiger partial charge in [0.15, 0.2) is 23.0 Å². The largest absolute Gasteiger partial charge is 0.493 e. The Hall–Kier alpha value is -3.52. The molecule has 0 aromatic heterocycles. The fraction of sp³-hybridized carbons (Fsp3) is 0.459. The van der Waals surface area contributed by atoms with Crippen molar-refractivity contribution in [3.05, 3.63) is 101 Å². The molecule has 2 aromatic carbocycles. The summed E-state index contributed by atoms with van der Waals surface area (Å²) in [6.07, 6.45) is 19.0. The Morgan fingerprint density at radius 2 is 1.78 bits per heavy atom. The summed E-state index contributed by atoms with van der Waals surface area (Å²) in [5, 5.41) is 0. The van der Waals surface area contributed by atoms with E-state index in [1.165, 1.54) is 30.9 Å². The van der Waals surface area contributed by atoms with Gasteiger partial charge in [0, 0.05) is 5.56 Å². The van der Waals surface area contributed by atoms with E-state index in [1.54, 1.807) is 13.2 Å². The lowest BCUT2D eigenvalue weighted by molar-refractivity contribution is 0.152. The van der Waals surface area contributed by atoms with Crippen molar-refractivity contribution < 1.29 is 31.2 Å². The zero-order chi connectivity index (χ0) is 31.6. The number of rotatable bonds is 8. The van der Waals surface area contributed by atoms with Crippen LogP contribution in [0.2, 0.25) is 0 Å². The molecule has 6 rings (SSSR count). The Labute approximate surface area is 266 Å². The normalized spacial score (nSPS) is 26.3. The number of fused-ring (bicyclic) bond motifs is 6. The molecule has 4 aliphatic carbocycles. The minimum Gasteiger partial charge on any atom is -0.493 e. The van der Waals surface area contributed by atoms with Gasteiger partial charge in [-0.15, -0.1) is 0 Å². The number of hydrogen-bond donors (Lipinski definition) is 0. The molecule has 6 nitrogen and oxygen atoms in total. The lowest BCUT2D eigenvalue weighted by Gasteiger charge is -2.40. The molecular formula is C37H43FO6S. The predicted molar refractivity (Wildman–Crippen MR) is 172 cm³/mol. The standard InChI is InChI=1S/C37H43FO6S/c1-24-30-18-19-34(41-2)37(44-45(39,40)29-11-7-10-28(38)21-29)32(30)17-14-25-12-15-27-20-36(43-23-26-8-5-4-6-9-26)35(42-3)22-33(27)31(24)16-13-25/h4-5,7-8,10-11,18-22,24-25,27,31,33H,6,9,12-17,23H2,1-3H3. The van der Waals surface area contributed by atoms with Crippen molar-refractivity contribution >= 4 is 10.1 Å². The van der Waals surface area contributed by atoms with Gasteiger partial charge in [-0.25, -0.2) is 4.39 Å². The molecule has 0 saturated heterocycles. The molecule has 45 heavy (non-hydrogen) atoms. The second-order valence-electron chi connectivity index (χ2n) is 12.8. The van der Waals surface area contributed by atoms with Crippen LogP contribution in [0.3, 0.4) is 0 Å². The third-order valence-electron chi connectivity index (χ3n) is 10.2. The maximum Gasteiger partial charge on any atom is 0.339 e. The highest BCUT2D eigenvalue weighted by Crippen LogP contribution is 2.50. The second kappa shape index (κ2) is 13.5. The van der Waals surface area contributed by atoms with Crippen LogP contribution in [0, 0.1) is 29.5 Å². The van der Waals surface area contributed by atoms with Crippen molar-refractivity contribution in [2.75, 3.05) is 20.8 Å². The van der Waals surface area contributed by atoms with Crippen LogP contribution in [0.1, 0.15) is 68.9 Å². The molecule has 2 bridgehead atoms. The predicted octanol–water partition coefficient (Wildman–Crippen LogP) is 8.41. The molecule has 1 saturated carbocycles. The fourth-order valence-electron chi connectivity index (χ4n) is 7.70. The van der Waals surface area contributed by atoms with Gasteiger partial charge in [-0.3, -0.25) is 0 Å². The van der Waals surface area contributed by atoms with Crippen molar-refractivity contribution in [3.63, 3.8) is 0 Å². The number of halogens is 1. The first-order chi connectivity index (χ1) is 21.8. The van der Waals surface area contributed by atoms with Crippen LogP contribution in [-0.4, -0.2) is 29.2 Å². The maximum absolute atomic E-state index is 14.0. The van der Waals surface area contributed by atoms with E-state index in [1.807, 2.05) is 0 Å². The summed E-state index contributed by atoms with van der Waals surface area (Å²) in [6.45, 7) is 2.81. The summed E-state index contributed by atoms with van der Waals surface area (Å²) in [7, 11) is -1.08. The van der Waals surface area contributed by atoms with Gasteiger partial charge in [0.1, 0.15) is 17.3 Å². The third-order valence-corrected chi connectivity index (χ3v) is 11.4. The molecule has 5 unspecified atom stereocenters. The van der Waals surface area contributed by atoms with Gasteiger partial charge in [-0.1, -0.05) is 43.7 Å². The summed E-state index contributed by atoms with van der Waals surface area (Å²) in [5.41, 5.74) is 3.22. The number of hydrogen-bond acceptors (Lipinski definition) is 6. The molecule has 0 N–H and O–H groups in total. The van der Waals surface area contributed by atoms with E-state index in [0.29, 0.717) is 36.5 Å². The number of ether oxygens (including phenoxy) is 3. The minimum absolute atomic E-state index is 0.110. The Morgan fingerprint density at radius 1 is 0.933 bits per heavy atom. The molecule has 1 fully saturated rings. The van der Waals surface area contributed by atoms with Gasteiger partial charge in [0.05, 0.1) is 14.2 Å². The van der Waals surface area contributed by atoms with Crippen LogP contribution < -0.4 is 8.92 Å². The monoisotopic (exact) mass is 634 g/mol. The highest BCUT2D eigenvalue weighted by atomic mass is 32.2. The van der Waals surface area contributed by atoms with E-state index < -0.39 is 15.9 Å². The average Bonchev–Trinajstić information content (AvgIpc) is 3.09. The van der Waals surface area contributed by atoms with Crippen molar-refractivity contribution in [2.45, 2.75) is 69.1 Å². The van der Waals surface area contributed by atoms with Crippen molar-refractivity contribution in [2.24, 2.45) is 23.7 Å². The lowest BCUT2D eigenvalue weighted by atomic mass is 9.66. The van der Waals surface area contributed by atoms with Crippen molar-refractivity contribution in [1.82, 2.24) is 0 Å². The highest BCUT2D eigenvalue weighted by molar-refractivity contribution is 7.87. The zero-order valence-electron chi connectivity index (χ0n) is 26.3. The average molecular weight is 635 g/mol. The Bertz CT molecular complexity index is 1640. The summed E-state index contributed by atoms with van der Waals surface area (Å²) in [6, 6.07) is 8.77. The van der Waals surface area contributed by atoms with Gasteiger partial charge in [-0.05, 0) is 122 Å². The number of allylic oxidation sites excluding steroid dienone is 5. The first kappa shape index (κ1) is 31.5. The van der Waals surface area contributed by atoms with Crippen LogP contribution in [0.25, 0.3) is 0 Å². The highest BCUT2D eigenvalue weighted by Gasteiger charge is 2.40. The van der Waals surface area contributed by atoms with E-state index >= 15 is 0 Å². The summed E-state index contributed by atoms with van der Waals surface area (Å²) in [5.74, 6) is 3.00. The van der Waals surface area contributed by atoms with Gasteiger partial charge in [0.25, 0.3) is 0 Å². The van der Waals surface area contributed by atoms with Crippen molar-refractivity contribution in [1.29, 1.82) is 0 Å². The van der Waals surface area contributed by atoms with Gasteiger partial charge in [0.2, 0.25) is 0 Å². The van der Waals surface area contributed by atoms with Gasteiger partial charge >= 0.3 is 10.1 Å². The molecule has 8 heteroatoms. The van der Waals surface area contributed by atoms with Crippen LogP contribution >= 0.6 is 0 Å². The molecule has 0 aliphatic heterocycles. The summed E-state index contributed by atoms with van der Waals surface area (Å²) in [4.78, 5) is -0.227. The van der Waals surface area contributed by atoms with Gasteiger partial charge < -0.3 is 18.4 Å². The molecule has 0 spiro atoms. The smallest absolute Gasteiger partial charge is 0.339 e. The van der Waals surface area contributed by atoms with E-state index in [4.69, 9.17) is 18.4 Å². The molecule has 0 amide bonds. The molecule has 240 valence electrons. The molecule has 0 radical (unpaired) electrons. The zero-order valence-corrected chi connectivity index (χ0v) is 27.2. The Balaban J connectivity index is 1.35. The summed E-state index contributed by atoms with van der Waals surface area (Å²) < 4.78 is 64.6. The van der Waals surface area contributed by atoms with Crippen LogP contribution in [0.15, 0.2) is 88.8 Å². The summed E-state index contributed by atoms with van der Waals surface area (Å²) >= 11 is 0. The first-order valence-corrected chi connectivity index (χ1v) is 17.5. The molecule has 5 atom stereocenters. The van der Waals surface area contributed by atoms with Crippen LogP contribution in [-0.2, 0) is 26.0 Å². The Morgan fingerprint density at radius 3 is 2.53 bits per heavy atom. The molecule has 2 aromatic rings. The Kier molecular flexibility index (Phi) is 9.41. The van der Waals surface area contributed by atoms with E-state index in [9.17, 15) is 12.8 Å². The van der Waals surface area contributed by atoms with E-state index in [2.05, 4.69) is 43.4 Å². The third kappa shape index (κ3) is 6.71. The van der Waals surface area contributed by atoms with Crippen LogP contribution in [0.5, 0.6) is 11.5 Å². The fourth-order valence-corrected chi connectivity index (χ4v) is 8.70. The lowest BCUT2D eigenvalue weighted by Crippen LogP contribution is -2.31. The quantitative estimate of drug-likeness (QED) is 0.272. The minimum atomic E-state index is -4.30. The maximum atomic E-state index is 14.0. The topological polar surface area (TPSA) is 71.1 Å². The molecule has 4 aliphatic rings. The van der Waals surface area contributed by atoms with Crippen LogP contribution in [0.4, 0.5) is 4.39 Å². The van der Waals surface area contributed by atoms with E-state index in [-0.39, 0.29) is 22.5 Å². The SMILES string of the molecule is COC1=CC2C(C=C1OCC1=CC=CCC1)CCC1CCc3c(ccc(OC)c3OS(=O)(=O)c3cccc(F)c3)C(C)C2CC1.